The first-order chi connectivity index (χ1) is 9.54. The number of pyridine rings is 1. The van der Waals surface area contributed by atoms with Crippen LogP contribution in [0.2, 0.25) is 10.0 Å². The molecule has 1 aromatic carbocycles. The van der Waals surface area contributed by atoms with Crippen molar-refractivity contribution in [2.45, 2.75) is 19.6 Å². The van der Waals surface area contributed by atoms with Crippen molar-refractivity contribution in [2.24, 2.45) is 0 Å². The van der Waals surface area contributed by atoms with Gasteiger partial charge in [-0.15, -0.1) is 0 Å². The molecule has 106 valence electrons. The lowest BCUT2D eigenvalue weighted by Crippen LogP contribution is -2.23. The molecule has 1 unspecified atom stereocenters. The van der Waals surface area contributed by atoms with Crippen molar-refractivity contribution in [3.05, 3.63) is 57.7 Å². The molecule has 0 aliphatic rings. The molecule has 0 aliphatic heterocycles. The molecule has 5 heteroatoms. The minimum atomic E-state index is -0.180. The maximum Gasteiger partial charge on any atom is 0.129 e. The van der Waals surface area contributed by atoms with Crippen molar-refractivity contribution in [2.75, 3.05) is 11.9 Å². The van der Waals surface area contributed by atoms with Crippen LogP contribution in [0, 0.1) is 0 Å². The lowest BCUT2D eigenvalue weighted by Gasteiger charge is -2.27. The van der Waals surface area contributed by atoms with Gasteiger partial charge in [0.15, 0.2) is 0 Å². The summed E-state index contributed by atoms with van der Waals surface area (Å²) in [5.41, 5.74) is 1.50. The zero-order valence-electron chi connectivity index (χ0n) is 11.3. The second-order valence-electron chi connectivity index (χ2n) is 4.56. The summed E-state index contributed by atoms with van der Waals surface area (Å²) in [6.45, 7) is 1.87. The molecule has 3 nitrogen and oxygen atoms in total. The van der Waals surface area contributed by atoms with Crippen LogP contribution in [0.5, 0.6) is 0 Å². The Morgan fingerprint density at radius 1 is 1.15 bits per heavy atom. The van der Waals surface area contributed by atoms with Crippen LogP contribution in [-0.4, -0.2) is 17.1 Å². The quantitative estimate of drug-likeness (QED) is 0.924. The number of hydrogen-bond donors (Lipinski definition) is 1. The van der Waals surface area contributed by atoms with Gasteiger partial charge in [0, 0.05) is 12.1 Å². The minimum Gasteiger partial charge on any atom is -0.390 e. The molecule has 2 aromatic rings. The summed E-state index contributed by atoms with van der Waals surface area (Å²) in [7, 11) is 1.94. The van der Waals surface area contributed by atoms with Gasteiger partial charge >= 0.3 is 0 Å². The maximum atomic E-state index is 9.24. The van der Waals surface area contributed by atoms with Crippen LogP contribution in [0.1, 0.15) is 24.2 Å². The van der Waals surface area contributed by atoms with Crippen molar-refractivity contribution in [3.8, 4) is 0 Å². The van der Waals surface area contributed by atoms with Crippen molar-refractivity contribution >= 4 is 29.0 Å². The van der Waals surface area contributed by atoms with E-state index in [4.69, 9.17) is 23.2 Å². The summed E-state index contributed by atoms with van der Waals surface area (Å²) in [5.74, 6) is 0.742. The molecule has 0 saturated heterocycles. The van der Waals surface area contributed by atoms with Crippen LogP contribution < -0.4 is 4.90 Å². The van der Waals surface area contributed by atoms with Crippen LogP contribution in [0.15, 0.2) is 36.4 Å². The van der Waals surface area contributed by atoms with Gasteiger partial charge in [-0.2, -0.15) is 0 Å². The van der Waals surface area contributed by atoms with E-state index in [1.54, 1.807) is 6.07 Å². The number of rotatable bonds is 4. The zero-order chi connectivity index (χ0) is 14.7. The van der Waals surface area contributed by atoms with Crippen LogP contribution in [0.4, 0.5) is 5.82 Å². The molecule has 0 fully saturated rings. The van der Waals surface area contributed by atoms with Gasteiger partial charge < -0.3 is 10.0 Å². The van der Waals surface area contributed by atoms with E-state index in [1.165, 1.54) is 0 Å². The Bertz CT molecular complexity index is 604. The van der Waals surface area contributed by atoms with Crippen LogP contribution in [0.3, 0.4) is 0 Å². The number of hydrogen-bond acceptors (Lipinski definition) is 3. The predicted octanol–water partition coefficient (Wildman–Crippen LogP) is 4.08. The molecule has 1 aromatic heterocycles. The second kappa shape index (κ2) is 6.44. The first-order valence-corrected chi connectivity index (χ1v) is 7.03. The van der Waals surface area contributed by atoms with Gasteiger partial charge in [0.1, 0.15) is 5.82 Å². The highest BCUT2D eigenvalue weighted by atomic mass is 35.5. The van der Waals surface area contributed by atoms with E-state index in [1.807, 2.05) is 42.3 Å². The molecular formula is C15H16Cl2N2O. The van der Waals surface area contributed by atoms with E-state index in [0.29, 0.717) is 10.7 Å². The van der Waals surface area contributed by atoms with Crippen molar-refractivity contribution in [3.63, 3.8) is 0 Å². The van der Waals surface area contributed by atoms with Crippen molar-refractivity contribution in [1.29, 1.82) is 0 Å². The number of aromatic nitrogens is 1. The van der Waals surface area contributed by atoms with E-state index in [9.17, 15) is 5.11 Å². The molecule has 0 bridgehead atoms. The zero-order valence-corrected chi connectivity index (χ0v) is 12.9. The summed E-state index contributed by atoms with van der Waals surface area (Å²) in [6, 6.07) is 11.4. The third-order valence-electron chi connectivity index (χ3n) is 3.35. The minimum absolute atomic E-state index is 0.0592. The predicted molar refractivity (Wildman–Crippen MR) is 83.4 cm³/mol. The summed E-state index contributed by atoms with van der Waals surface area (Å²) in [4.78, 5) is 6.36. The number of aliphatic hydroxyl groups excluding tert-OH is 1. The first kappa shape index (κ1) is 15.1. The second-order valence-corrected chi connectivity index (χ2v) is 5.38. The monoisotopic (exact) mass is 310 g/mol. The molecule has 1 N–H and O–H groups in total. The van der Waals surface area contributed by atoms with Crippen molar-refractivity contribution in [1.82, 2.24) is 4.98 Å². The third kappa shape index (κ3) is 3.06. The van der Waals surface area contributed by atoms with Crippen LogP contribution >= 0.6 is 23.2 Å². The number of anilines is 1. The smallest absolute Gasteiger partial charge is 0.129 e. The van der Waals surface area contributed by atoms with Gasteiger partial charge in [-0.25, -0.2) is 4.98 Å². The molecule has 0 saturated carbocycles. The lowest BCUT2D eigenvalue weighted by molar-refractivity contribution is 0.277. The van der Waals surface area contributed by atoms with E-state index in [0.717, 1.165) is 16.4 Å². The normalized spacial score (nSPS) is 12.2. The van der Waals surface area contributed by atoms with E-state index in [2.05, 4.69) is 11.9 Å². The lowest BCUT2D eigenvalue weighted by atomic mass is 10.1. The summed E-state index contributed by atoms with van der Waals surface area (Å²) in [5, 5.41) is 10.4. The average molecular weight is 311 g/mol. The fourth-order valence-electron chi connectivity index (χ4n) is 2.00. The Morgan fingerprint density at radius 3 is 2.50 bits per heavy atom. The van der Waals surface area contributed by atoms with Gasteiger partial charge in [0.25, 0.3) is 0 Å². The molecule has 0 spiro atoms. The summed E-state index contributed by atoms with van der Waals surface area (Å²) in [6.07, 6.45) is 0. The molecule has 1 heterocycles. The highest BCUT2D eigenvalue weighted by Gasteiger charge is 2.16. The fraction of sp³-hybridized carbons (Fsp3) is 0.267. The van der Waals surface area contributed by atoms with E-state index in [-0.39, 0.29) is 12.6 Å². The van der Waals surface area contributed by atoms with Crippen molar-refractivity contribution < 1.29 is 5.11 Å². The van der Waals surface area contributed by atoms with E-state index >= 15 is 0 Å². The topological polar surface area (TPSA) is 36.4 Å². The molecule has 1 atom stereocenters. The van der Waals surface area contributed by atoms with Crippen LogP contribution in [-0.2, 0) is 6.61 Å². The number of halogens is 2. The summed E-state index contributed by atoms with van der Waals surface area (Å²) >= 11 is 12.2. The molecule has 0 radical (unpaired) electrons. The molecule has 20 heavy (non-hydrogen) atoms. The molecule has 0 aliphatic carbocycles. The largest absolute Gasteiger partial charge is 0.390 e. The van der Waals surface area contributed by atoms with Gasteiger partial charge in [0.2, 0.25) is 0 Å². The standard InChI is InChI=1S/C15H16Cl2N2O/c1-10(11-5-3-4-6-12(11)16)19(2)15-8-7-13(17)14(9-20)18-15/h3-8,10,20H,9H2,1-2H3. The molecule has 2 rings (SSSR count). The molecule has 0 amide bonds. The summed E-state index contributed by atoms with van der Waals surface area (Å²) < 4.78 is 0. The Labute approximate surface area is 128 Å². The van der Waals surface area contributed by atoms with Gasteiger partial charge in [0.05, 0.1) is 23.4 Å². The highest BCUT2D eigenvalue weighted by molar-refractivity contribution is 6.31. The fourth-order valence-corrected chi connectivity index (χ4v) is 2.46. The SMILES string of the molecule is CC(c1ccccc1Cl)N(C)c1ccc(Cl)c(CO)n1. The Morgan fingerprint density at radius 2 is 1.85 bits per heavy atom. The number of nitrogens with zero attached hydrogens (tertiary/aromatic N) is 2. The Balaban J connectivity index is 2.31. The average Bonchev–Trinajstić information content (AvgIpc) is 2.47. The number of aliphatic hydroxyl groups is 1. The van der Waals surface area contributed by atoms with Gasteiger partial charge in [-0.1, -0.05) is 41.4 Å². The highest BCUT2D eigenvalue weighted by Crippen LogP contribution is 2.29. The van der Waals surface area contributed by atoms with Crippen LogP contribution in [0.25, 0.3) is 0 Å². The third-order valence-corrected chi connectivity index (χ3v) is 4.04. The maximum absolute atomic E-state index is 9.24. The van der Waals surface area contributed by atoms with E-state index < -0.39 is 0 Å². The first-order valence-electron chi connectivity index (χ1n) is 6.28. The van der Waals surface area contributed by atoms with Gasteiger partial charge in [-0.3, -0.25) is 0 Å². The van der Waals surface area contributed by atoms with Gasteiger partial charge in [-0.05, 0) is 30.7 Å². The Hall–Kier alpha value is -1.29. The molecular weight excluding hydrogens is 295 g/mol. The Kier molecular flexibility index (Phi) is 4.86. The number of benzene rings is 1.